The Balaban J connectivity index is 1.81. The molecule has 0 aromatic heterocycles. The predicted molar refractivity (Wildman–Crippen MR) is 88.2 cm³/mol. The second kappa shape index (κ2) is 8.96. The molecule has 0 bridgehead atoms. The zero-order chi connectivity index (χ0) is 14.9. The average Bonchev–Trinajstić information content (AvgIpc) is 2.52. The number of halogens is 2. The molecule has 112 valence electrons. The average molecular weight is 351 g/mol. The predicted octanol–water partition coefficient (Wildman–Crippen LogP) is 5.50. The lowest BCUT2D eigenvalue weighted by Crippen LogP contribution is -2.05. The van der Waals surface area contributed by atoms with E-state index in [4.69, 9.17) is 4.74 Å². The van der Waals surface area contributed by atoms with Crippen molar-refractivity contribution < 1.29 is 9.13 Å². The van der Waals surface area contributed by atoms with Crippen molar-refractivity contribution in [3.63, 3.8) is 0 Å². The summed E-state index contributed by atoms with van der Waals surface area (Å²) in [6.07, 6.45) is 1.40. The third kappa shape index (κ3) is 5.60. The number of hydrogen-bond donors (Lipinski definition) is 0. The van der Waals surface area contributed by atoms with Gasteiger partial charge < -0.3 is 4.74 Å². The van der Waals surface area contributed by atoms with E-state index < -0.39 is 0 Å². The van der Waals surface area contributed by atoms with Crippen LogP contribution in [0.25, 0.3) is 0 Å². The van der Waals surface area contributed by atoms with E-state index in [2.05, 4.69) is 28.1 Å². The molecule has 0 saturated heterocycles. The summed E-state index contributed by atoms with van der Waals surface area (Å²) < 4.78 is 19.5. The number of hydrogen-bond acceptors (Lipinski definition) is 1. The SMILES string of the molecule is FCCC(CCOCc1ccccc1)c1ccc(Br)cc1. The Labute approximate surface area is 134 Å². The van der Waals surface area contributed by atoms with Gasteiger partial charge in [0.1, 0.15) is 0 Å². The van der Waals surface area contributed by atoms with E-state index in [1.165, 1.54) is 11.1 Å². The van der Waals surface area contributed by atoms with Crippen LogP contribution >= 0.6 is 15.9 Å². The molecule has 1 unspecified atom stereocenters. The van der Waals surface area contributed by atoms with Gasteiger partial charge in [0.15, 0.2) is 0 Å². The quantitative estimate of drug-likeness (QED) is 0.571. The highest BCUT2D eigenvalue weighted by Gasteiger charge is 2.11. The maximum absolute atomic E-state index is 12.7. The third-order valence-corrected chi connectivity index (χ3v) is 4.05. The van der Waals surface area contributed by atoms with Gasteiger partial charge in [-0.1, -0.05) is 58.4 Å². The lowest BCUT2D eigenvalue weighted by Gasteiger charge is -2.16. The molecule has 0 amide bonds. The molecule has 2 aromatic rings. The molecule has 1 nitrogen and oxygen atoms in total. The maximum atomic E-state index is 12.7. The lowest BCUT2D eigenvalue weighted by molar-refractivity contribution is 0.112. The Morgan fingerprint density at radius 1 is 0.952 bits per heavy atom. The van der Waals surface area contributed by atoms with E-state index >= 15 is 0 Å². The van der Waals surface area contributed by atoms with E-state index in [-0.39, 0.29) is 12.6 Å². The van der Waals surface area contributed by atoms with Crippen LogP contribution in [0.1, 0.15) is 29.9 Å². The molecule has 0 N–H and O–H groups in total. The molecule has 0 aliphatic heterocycles. The Hall–Kier alpha value is -1.19. The summed E-state index contributed by atoms with van der Waals surface area (Å²) in [6.45, 7) is 0.971. The molecule has 0 saturated carbocycles. The van der Waals surface area contributed by atoms with Gasteiger partial charge in [-0.2, -0.15) is 0 Å². The van der Waals surface area contributed by atoms with Crippen LogP contribution in [0.3, 0.4) is 0 Å². The summed E-state index contributed by atoms with van der Waals surface area (Å²) in [6, 6.07) is 18.2. The second-order valence-corrected chi connectivity index (χ2v) is 5.97. The van der Waals surface area contributed by atoms with E-state index in [1.54, 1.807) is 0 Å². The molecule has 0 heterocycles. The molecular formula is C18H20BrFO. The van der Waals surface area contributed by atoms with Gasteiger partial charge in [0, 0.05) is 11.1 Å². The molecule has 2 aromatic carbocycles. The largest absolute Gasteiger partial charge is 0.377 e. The van der Waals surface area contributed by atoms with E-state index in [9.17, 15) is 4.39 Å². The first-order valence-corrected chi connectivity index (χ1v) is 8.02. The zero-order valence-corrected chi connectivity index (χ0v) is 13.6. The Bertz CT molecular complexity index is 513. The fraction of sp³-hybridized carbons (Fsp3) is 0.333. The molecule has 0 spiro atoms. The molecule has 21 heavy (non-hydrogen) atoms. The Kier molecular flexibility index (Phi) is 6.90. The van der Waals surface area contributed by atoms with Gasteiger partial charge in [0.05, 0.1) is 13.3 Å². The molecular weight excluding hydrogens is 331 g/mol. The van der Waals surface area contributed by atoms with Gasteiger partial charge in [0.25, 0.3) is 0 Å². The number of alkyl halides is 1. The van der Waals surface area contributed by atoms with Crippen molar-refractivity contribution in [3.8, 4) is 0 Å². The van der Waals surface area contributed by atoms with E-state index in [1.807, 2.05) is 42.5 Å². The Morgan fingerprint density at radius 3 is 2.33 bits per heavy atom. The standard InChI is InChI=1S/C18H20BrFO/c19-18-8-6-16(7-9-18)17(10-12-20)11-13-21-14-15-4-2-1-3-5-15/h1-9,17H,10-14H2. The van der Waals surface area contributed by atoms with Gasteiger partial charge in [-0.3, -0.25) is 4.39 Å². The van der Waals surface area contributed by atoms with Crippen molar-refractivity contribution in [2.75, 3.05) is 13.3 Å². The van der Waals surface area contributed by atoms with Crippen LogP contribution in [0.5, 0.6) is 0 Å². The minimum absolute atomic E-state index is 0.221. The van der Waals surface area contributed by atoms with Crippen LogP contribution in [0.15, 0.2) is 59.1 Å². The molecule has 0 aliphatic carbocycles. The van der Waals surface area contributed by atoms with Crippen LogP contribution in [0, 0.1) is 0 Å². The maximum Gasteiger partial charge on any atom is 0.0900 e. The minimum Gasteiger partial charge on any atom is -0.377 e. The van der Waals surface area contributed by atoms with Crippen LogP contribution in [0.2, 0.25) is 0 Å². The van der Waals surface area contributed by atoms with Crippen LogP contribution in [0.4, 0.5) is 4.39 Å². The minimum atomic E-state index is -0.292. The smallest absolute Gasteiger partial charge is 0.0900 e. The summed E-state index contributed by atoms with van der Waals surface area (Å²) in [7, 11) is 0. The van der Waals surface area contributed by atoms with Gasteiger partial charge in [-0.05, 0) is 42.0 Å². The molecule has 1 atom stereocenters. The van der Waals surface area contributed by atoms with Crippen molar-refractivity contribution in [1.29, 1.82) is 0 Å². The summed E-state index contributed by atoms with van der Waals surface area (Å²) >= 11 is 3.42. The van der Waals surface area contributed by atoms with E-state index in [0.29, 0.717) is 19.6 Å². The van der Waals surface area contributed by atoms with Gasteiger partial charge in [-0.25, -0.2) is 0 Å². The first-order chi connectivity index (χ1) is 10.3. The number of ether oxygens (including phenoxy) is 1. The van der Waals surface area contributed by atoms with Crippen LogP contribution < -0.4 is 0 Å². The van der Waals surface area contributed by atoms with Crippen molar-refractivity contribution in [2.24, 2.45) is 0 Å². The lowest BCUT2D eigenvalue weighted by atomic mass is 9.93. The van der Waals surface area contributed by atoms with Crippen molar-refractivity contribution >= 4 is 15.9 Å². The van der Waals surface area contributed by atoms with Crippen LogP contribution in [-0.2, 0) is 11.3 Å². The fourth-order valence-electron chi connectivity index (χ4n) is 2.33. The van der Waals surface area contributed by atoms with Gasteiger partial charge in [0.2, 0.25) is 0 Å². The van der Waals surface area contributed by atoms with Crippen molar-refractivity contribution in [3.05, 3.63) is 70.2 Å². The number of rotatable bonds is 8. The summed E-state index contributed by atoms with van der Waals surface area (Å²) in [5.41, 5.74) is 2.35. The number of benzene rings is 2. The topological polar surface area (TPSA) is 9.23 Å². The van der Waals surface area contributed by atoms with Gasteiger partial charge in [-0.15, -0.1) is 0 Å². The summed E-state index contributed by atoms with van der Waals surface area (Å²) in [4.78, 5) is 0. The fourth-order valence-corrected chi connectivity index (χ4v) is 2.60. The first kappa shape index (κ1) is 16.2. The normalized spacial score (nSPS) is 12.3. The van der Waals surface area contributed by atoms with Crippen molar-refractivity contribution in [2.45, 2.75) is 25.4 Å². The van der Waals surface area contributed by atoms with Gasteiger partial charge >= 0.3 is 0 Å². The zero-order valence-electron chi connectivity index (χ0n) is 12.0. The molecule has 3 heteroatoms. The molecule has 0 aliphatic rings. The summed E-state index contributed by atoms with van der Waals surface area (Å²) in [5, 5.41) is 0. The highest BCUT2D eigenvalue weighted by molar-refractivity contribution is 9.10. The highest BCUT2D eigenvalue weighted by Crippen LogP contribution is 2.25. The van der Waals surface area contributed by atoms with Crippen LogP contribution in [-0.4, -0.2) is 13.3 Å². The second-order valence-electron chi connectivity index (χ2n) is 5.05. The molecule has 2 rings (SSSR count). The Morgan fingerprint density at radius 2 is 1.67 bits per heavy atom. The highest BCUT2D eigenvalue weighted by atomic mass is 79.9. The molecule has 0 radical (unpaired) electrons. The van der Waals surface area contributed by atoms with E-state index in [0.717, 1.165) is 10.9 Å². The third-order valence-electron chi connectivity index (χ3n) is 3.52. The monoisotopic (exact) mass is 350 g/mol. The molecule has 0 fully saturated rings. The van der Waals surface area contributed by atoms with Crippen molar-refractivity contribution in [1.82, 2.24) is 0 Å². The summed E-state index contributed by atoms with van der Waals surface area (Å²) in [5.74, 6) is 0.221. The first-order valence-electron chi connectivity index (χ1n) is 7.22.